The molecule has 7 nitrogen and oxygen atoms in total. The number of benzene rings is 2. The SMILES string of the molecule is COc1ccc([C@H](CNC(=O)c2cc(OC)c(OC)c(OC)c2)[NH+]2CCCCC2)cc1. The molecule has 0 unspecified atom stereocenters. The molecule has 1 heterocycles. The van der Waals surface area contributed by atoms with Crippen LogP contribution in [0.15, 0.2) is 36.4 Å². The lowest BCUT2D eigenvalue weighted by atomic mass is 10.0. The molecular formula is C24H33N2O5+. The zero-order valence-electron chi connectivity index (χ0n) is 18.8. The predicted octanol–water partition coefficient (Wildman–Crippen LogP) is 2.26. The highest BCUT2D eigenvalue weighted by atomic mass is 16.5. The molecule has 1 aliphatic rings. The van der Waals surface area contributed by atoms with Crippen molar-refractivity contribution < 1.29 is 28.6 Å². The number of carbonyl (C=O) groups is 1. The van der Waals surface area contributed by atoms with Crippen molar-refractivity contribution >= 4 is 5.91 Å². The minimum Gasteiger partial charge on any atom is -0.497 e. The minimum atomic E-state index is -0.172. The highest BCUT2D eigenvalue weighted by Gasteiger charge is 2.27. The molecule has 1 fully saturated rings. The number of carbonyl (C=O) groups excluding carboxylic acids is 1. The Labute approximate surface area is 184 Å². The number of likely N-dealkylation sites (tertiary alicyclic amines) is 1. The van der Waals surface area contributed by atoms with Crippen molar-refractivity contribution in [3.05, 3.63) is 47.5 Å². The summed E-state index contributed by atoms with van der Waals surface area (Å²) in [5.41, 5.74) is 1.67. The Morgan fingerprint density at radius 2 is 1.52 bits per heavy atom. The van der Waals surface area contributed by atoms with E-state index in [0.717, 1.165) is 18.8 Å². The maximum absolute atomic E-state index is 13.0. The van der Waals surface area contributed by atoms with Crippen LogP contribution in [0.1, 0.15) is 41.2 Å². The van der Waals surface area contributed by atoms with E-state index < -0.39 is 0 Å². The van der Waals surface area contributed by atoms with Gasteiger partial charge in [-0.3, -0.25) is 4.79 Å². The van der Waals surface area contributed by atoms with E-state index in [1.54, 1.807) is 40.6 Å². The maximum Gasteiger partial charge on any atom is 0.251 e. The lowest BCUT2D eigenvalue weighted by molar-refractivity contribution is -0.935. The van der Waals surface area contributed by atoms with Gasteiger partial charge in [0.05, 0.1) is 48.1 Å². The van der Waals surface area contributed by atoms with Crippen molar-refractivity contribution in [2.45, 2.75) is 25.3 Å². The van der Waals surface area contributed by atoms with E-state index in [0.29, 0.717) is 29.4 Å². The first-order valence-corrected chi connectivity index (χ1v) is 10.7. The number of rotatable bonds is 9. The second-order valence-corrected chi connectivity index (χ2v) is 7.67. The molecule has 0 saturated carbocycles. The fourth-order valence-electron chi connectivity index (χ4n) is 4.20. The number of ether oxygens (including phenoxy) is 4. The fraction of sp³-hybridized carbons (Fsp3) is 0.458. The van der Waals surface area contributed by atoms with Crippen molar-refractivity contribution in [2.75, 3.05) is 48.1 Å². The smallest absolute Gasteiger partial charge is 0.251 e. The standard InChI is InChI=1S/C24H32N2O5/c1-28-19-10-8-17(9-11-19)20(26-12-6-5-7-13-26)16-25-24(27)18-14-21(29-2)23(31-4)22(15-18)30-3/h8-11,14-15,20H,5-7,12-13,16H2,1-4H3,(H,25,27)/p+1/t20-/m0/s1. The molecule has 1 aliphatic heterocycles. The van der Waals surface area contributed by atoms with Crippen LogP contribution in [0.25, 0.3) is 0 Å². The molecule has 1 saturated heterocycles. The number of piperidine rings is 1. The van der Waals surface area contributed by atoms with Crippen molar-refractivity contribution in [1.82, 2.24) is 5.32 Å². The molecule has 0 bridgehead atoms. The molecule has 0 spiro atoms. The molecule has 2 aromatic carbocycles. The highest BCUT2D eigenvalue weighted by Crippen LogP contribution is 2.38. The monoisotopic (exact) mass is 429 g/mol. The van der Waals surface area contributed by atoms with E-state index in [-0.39, 0.29) is 11.9 Å². The quantitative estimate of drug-likeness (QED) is 0.640. The van der Waals surface area contributed by atoms with Crippen LogP contribution in [0, 0.1) is 0 Å². The fourth-order valence-corrected chi connectivity index (χ4v) is 4.20. The third-order valence-electron chi connectivity index (χ3n) is 5.90. The van der Waals surface area contributed by atoms with Crippen molar-refractivity contribution in [3.8, 4) is 23.0 Å². The average Bonchev–Trinajstić information content (AvgIpc) is 2.84. The Balaban J connectivity index is 1.79. The number of hydrogen-bond acceptors (Lipinski definition) is 5. The van der Waals surface area contributed by atoms with Crippen LogP contribution in [-0.2, 0) is 0 Å². The summed E-state index contributed by atoms with van der Waals surface area (Å²) >= 11 is 0. The topological polar surface area (TPSA) is 70.5 Å². The van der Waals surface area contributed by atoms with Crippen LogP contribution in [0.5, 0.6) is 23.0 Å². The van der Waals surface area contributed by atoms with Crippen LogP contribution < -0.4 is 29.2 Å². The Morgan fingerprint density at radius 3 is 2.03 bits per heavy atom. The number of amides is 1. The third-order valence-corrected chi connectivity index (χ3v) is 5.90. The van der Waals surface area contributed by atoms with E-state index in [1.165, 1.54) is 29.7 Å². The van der Waals surface area contributed by atoms with Gasteiger partial charge in [-0.05, 0) is 55.7 Å². The number of methoxy groups -OCH3 is 4. The van der Waals surface area contributed by atoms with Gasteiger partial charge in [0.2, 0.25) is 5.75 Å². The van der Waals surface area contributed by atoms with Crippen LogP contribution in [0.4, 0.5) is 0 Å². The predicted molar refractivity (Wildman–Crippen MR) is 119 cm³/mol. The summed E-state index contributed by atoms with van der Waals surface area (Å²) in [6, 6.07) is 11.7. The zero-order valence-corrected chi connectivity index (χ0v) is 18.8. The molecule has 2 N–H and O–H groups in total. The second-order valence-electron chi connectivity index (χ2n) is 7.67. The largest absolute Gasteiger partial charge is 0.497 e. The van der Waals surface area contributed by atoms with E-state index >= 15 is 0 Å². The molecule has 1 amide bonds. The van der Waals surface area contributed by atoms with Gasteiger partial charge in [0.1, 0.15) is 11.8 Å². The van der Waals surface area contributed by atoms with Gasteiger partial charge in [-0.1, -0.05) is 0 Å². The molecule has 31 heavy (non-hydrogen) atoms. The molecule has 3 rings (SSSR count). The van der Waals surface area contributed by atoms with Gasteiger partial charge in [0, 0.05) is 11.1 Å². The molecule has 0 aromatic heterocycles. The van der Waals surface area contributed by atoms with Crippen LogP contribution in [0.3, 0.4) is 0 Å². The Bertz CT molecular complexity index is 838. The van der Waals surface area contributed by atoms with Crippen molar-refractivity contribution in [3.63, 3.8) is 0 Å². The van der Waals surface area contributed by atoms with Gasteiger partial charge in [-0.15, -0.1) is 0 Å². The normalized spacial score (nSPS) is 15.1. The summed E-state index contributed by atoms with van der Waals surface area (Å²) in [4.78, 5) is 14.5. The maximum atomic E-state index is 13.0. The van der Waals surface area contributed by atoms with E-state index in [4.69, 9.17) is 18.9 Å². The first kappa shape index (κ1) is 22.7. The molecular weight excluding hydrogens is 396 g/mol. The third kappa shape index (κ3) is 5.41. The number of nitrogens with one attached hydrogen (secondary N) is 2. The molecule has 0 radical (unpaired) electrons. The molecule has 0 aliphatic carbocycles. The Kier molecular flexibility index (Phi) is 8.00. The van der Waals surface area contributed by atoms with Crippen LogP contribution in [0.2, 0.25) is 0 Å². The van der Waals surface area contributed by atoms with E-state index in [2.05, 4.69) is 17.4 Å². The average molecular weight is 430 g/mol. The highest BCUT2D eigenvalue weighted by molar-refractivity contribution is 5.95. The lowest BCUT2D eigenvalue weighted by Gasteiger charge is -2.32. The molecule has 168 valence electrons. The molecule has 7 heteroatoms. The summed E-state index contributed by atoms with van der Waals surface area (Å²) in [6.45, 7) is 2.75. The van der Waals surface area contributed by atoms with E-state index in [9.17, 15) is 4.79 Å². The summed E-state index contributed by atoms with van der Waals surface area (Å²) in [5, 5.41) is 3.12. The van der Waals surface area contributed by atoms with Gasteiger partial charge in [0.15, 0.2) is 11.5 Å². The van der Waals surface area contributed by atoms with Crippen molar-refractivity contribution in [1.29, 1.82) is 0 Å². The first-order valence-electron chi connectivity index (χ1n) is 10.7. The number of hydrogen-bond donors (Lipinski definition) is 2. The molecule has 2 aromatic rings. The minimum absolute atomic E-state index is 0.172. The Morgan fingerprint density at radius 1 is 0.903 bits per heavy atom. The van der Waals surface area contributed by atoms with Gasteiger partial charge in [0.25, 0.3) is 5.91 Å². The van der Waals surface area contributed by atoms with Gasteiger partial charge in [-0.25, -0.2) is 0 Å². The zero-order chi connectivity index (χ0) is 22.2. The lowest BCUT2D eigenvalue weighted by Crippen LogP contribution is -3.13. The summed E-state index contributed by atoms with van der Waals surface area (Å²) < 4.78 is 21.4. The number of quaternary nitrogens is 1. The van der Waals surface area contributed by atoms with Crippen LogP contribution >= 0.6 is 0 Å². The van der Waals surface area contributed by atoms with Gasteiger partial charge >= 0.3 is 0 Å². The van der Waals surface area contributed by atoms with E-state index in [1.807, 2.05) is 12.1 Å². The second kappa shape index (κ2) is 10.9. The Hall–Kier alpha value is -2.93. The summed E-state index contributed by atoms with van der Waals surface area (Å²) in [7, 11) is 6.29. The summed E-state index contributed by atoms with van der Waals surface area (Å²) in [6.07, 6.45) is 3.70. The van der Waals surface area contributed by atoms with Gasteiger partial charge in [-0.2, -0.15) is 0 Å². The van der Waals surface area contributed by atoms with Crippen molar-refractivity contribution in [2.24, 2.45) is 0 Å². The van der Waals surface area contributed by atoms with Gasteiger partial charge < -0.3 is 29.2 Å². The van der Waals surface area contributed by atoms with Crippen LogP contribution in [-0.4, -0.2) is 54.0 Å². The summed E-state index contributed by atoms with van der Waals surface area (Å²) in [5.74, 6) is 2.04. The molecule has 1 atom stereocenters. The first-order chi connectivity index (χ1) is 15.1.